The summed E-state index contributed by atoms with van der Waals surface area (Å²) in [7, 11) is 0. The van der Waals surface area contributed by atoms with Crippen LogP contribution in [0.2, 0.25) is 5.02 Å². The Morgan fingerprint density at radius 2 is 1.95 bits per heavy atom. The first-order valence-corrected chi connectivity index (χ1v) is 7.73. The number of rotatable bonds is 5. The summed E-state index contributed by atoms with van der Waals surface area (Å²) in [6.45, 7) is 2.03. The smallest absolute Gasteiger partial charge is 0.127 e. The van der Waals surface area contributed by atoms with Crippen LogP contribution in [0.15, 0.2) is 47.4 Å². The summed E-state index contributed by atoms with van der Waals surface area (Å²) < 4.78 is 13.6. The van der Waals surface area contributed by atoms with Crippen molar-refractivity contribution in [2.24, 2.45) is 0 Å². The zero-order valence-corrected chi connectivity index (χ0v) is 12.7. The van der Waals surface area contributed by atoms with Crippen molar-refractivity contribution in [1.82, 2.24) is 0 Å². The fourth-order valence-electron chi connectivity index (χ4n) is 1.93. The fraction of sp³-hybridized carbons (Fsp3) is 0.250. The number of halogens is 2. The number of hydrogen-bond acceptors (Lipinski definition) is 2. The molecule has 4 heteroatoms. The Morgan fingerprint density at radius 3 is 2.65 bits per heavy atom. The number of aryl methyl sites for hydroxylation is 1. The van der Waals surface area contributed by atoms with E-state index in [2.05, 4.69) is 0 Å². The first-order valence-electron chi connectivity index (χ1n) is 6.37. The lowest BCUT2D eigenvalue weighted by molar-refractivity contribution is 0.199. The van der Waals surface area contributed by atoms with Gasteiger partial charge in [-0.3, -0.25) is 0 Å². The summed E-state index contributed by atoms with van der Waals surface area (Å²) >= 11 is 7.53. The standard InChI is InChI=1S/C16H16ClFOS/c1-11-5-2-3-8-16(11)20-10-12(19)9-13-14(17)6-4-7-15(13)18/h2-8,12,19H,9-10H2,1H3. The average Bonchev–Trinajstić information content (AvgIpc) is 2.42. The highest BCUT2D eigenvalue weighted by molar-refractivity contribution is 7.99. The van der Waals surface area contributed by atoms with Crippen molar-refractivity contribution < 1.29 is 9.50 Å². The highest BCUT2D eigenvalue weighted by Gasteiger charge is 2.13. The average molecular weight is 311 g/mol. The lowest BCUT2D eigenvalue weighted by Crippen LogP contribution is -2.15. The molecule has 0 fully saturated rings. The van der Waals surface area contributed by atoms with Crippen molar-refractivity contribution in [2.75, 3.05) is 5.75 Å². The van der Waals surface area contributed by atoms with Gasteiger partial charge in [0.25, 0.3) is 0 Å². The molecule has 0 saturated carbocycles. The molecular formula is C16H16ClFOS. The molecule has 20 heavy (non-hydrogen) atoms. The third-order valence-corrected chi connectivity index (χ3v) is 4.70. The molecule has 0 amide bonds. The van der Waals surface area contributed by atoms with Crippen LogP contribution >= 0.6 is 23.4 Å². The summed E-state index contributed by atoms with van der Waals surface area (Å²) in [5.41, 5.74) is 1.56. The maximum absolute atomic E-state index is 13.6. The molecule has 1 N–H and O–H groups in total. The number of hydrogen-bond donors (Lipinski definition) is 1. The molecule has 2 rings (SSSR count). The van der Waals surface area contributed by atoms with E-state index in [4.69, 9.17) is 11.6 Å². The third-order valence-electron chi connectivity index (χ3n) is 3.03. The molecule has 2 aromatic rings. The van der Waals surface area contributed by atoms with Crippen LogP contribution in [0.5, 0.6) is 0 Å². The van der Waals surface area contributed by atoms with E-state index < -0.39 is 6.10 Å². The van der Waals surface area contributed by atoms with E-state index in [1.54, 1.807) is 23.9 Å². The van der Waals surface area contributed by atoms with Gasteiger partial charge in [0.05, 0.1) is 6.10 Å². The third kappa shape index (κ3) is 3.98. The maximum Gasteiger partial charge on any atom is 0.127 e. The predicted molar refractivity (Wildman–Crippen MR) is 83.0 cm³/mol. The quantitative estimate of drug-likeness (QED) is 0.822. The summed E-state index contributed by atoms with van der Waals surface area (Å²) in [6.07, 6.45) is -0.404. The Morgan fingerprint density at radius 1 is 1.20 bits per heavy atom. The summed E-state index contributed by atoms with van der Waals surface area (Å²) in [6, 6.07) is 12.6. The SMILES string of the molecule is Cc1ccccc1SCC(O)Cc1c(F)cccc1Cl. The number of aliphatic hydroxyl groups is 1. The van der Waals surface area contributed by atoms with E-state index in [0.717, 1.165) is 4.90 Å². The second-order valence-corrected chi connectivity index (χ2v) is 6.10. The van der Waals surface area contributed by atoms with Crippen molar-refractivity contribution in [1.29, 1.82) is 0 Å². The van der Waals surface area contributed by atoms with Crippen LogP contribution in [-0.2, 0) is 6.42 Å². The van der Waals surface area contributed by atoms with E-state index in [1.165, 1.54) is 11.6 Å². The van der Waals surface area contributed by atoms with Crippen molar-refractivity contribution in [3.05, 3.63) is 64.4 Å². The summed E-state index contributed by atoms with van der Waals surface area (Å²) in [5, 5.41) is 10.4. The van der Waals surface area contributed by atoms with Gasteiger partial charge < -0.3 is 5.11 Å². The topological polar surface area (TPSA) is 20.2 Å². The summed E-state index contributed by atoms with van der Waals surface area (Å²) in [4.78, 5) is 1.13. The molecular weight excluding hydrogens is 295 g/mol. The monoisotopic (exact) mass is 310 g/mol. The van der Waals surface area contributed by atoms with Gasteiger partial charge in [-0.05, 0) is 30.7 Å². The Bertz CT molecular complexity index is 568. The lowest BCUT2D eigenvalue weighted by Gasteiger charge is -2.13. The fourth-order valence-corrected chi connectivity index (χ4v) is 3.13. The van der Waals surface area contributed by atoms with Crippen LogP contribution in [-0.4, -0.2) is 17.0 Å². The minimum Gasteiger partial charge on any atom is -0.392 e. The van der Waals surface area contributed by atoms with Gasteiger partial charge in [0.1, 0.15) is 5.82 Å². The van der Waals surface area contributed by atoms with E-state index in [9.17, 15) is 9.50 Å². The van der Waals surface area contributed by atoms with E-state index in [0.29, 0.717) is 16.3 Å². The first kappa shape index (κ1) is 15.4. The molecule has 0 saturated heterocycles. The molecule has 0 radical (unpaired) electrons. The normalized spacial score (nSPS) is 12.4. The molecule has 0 aliphatic heterocycles. The minimum atomic E-state index is -0.631. The molecule has 106 valence electrons. The molecule has 0 bridgehead atoms. The van der Waals surface area contributed by atoms with Crippen LogP contribution in [0, 0.1) is 12.7 Å². The van der Waals surface area contributed by atoms with E-state index in [-0.39, 0.29) is 12.2 Å². The molecule has 1 atom stereocenters. The molecule has 2 aromatic carbocycles. The zero-order chi connectivity index (χ0) is 14.5. The van der Waals surface area contributed by atoms with Crippen molar-refractivity contribution >= 4 is 23.4 Å². The highest BCUT2D eigenvalue weighted by Crippen LogP contribution is 2.25. The Labute approximate surface area is 127 Å². The molecule has 0 aliphatic rings. The highest BCUT2D eigenvalue weighted by atomic mass is 35.5. The minimum absolute atomic E-state index is 0.227. The molecule has 0 aromatic heterocycles. The van der Waals surface area contributed by atoms with Crippen molar-refractivity contribution in [2.45, 2.75) is 24.3 Å². The molecule has 0 spiro atoms. The molecule has 1 nitrogen and oxygen atoms in total. The van der Waals surface area contributed by atoms with E-state index >= 15 is 0 Å². The van der Waals surface area contributed by atoms with Gasteiger partial charge in [-0.1, -0.05) is 35.9 Å². The first-order chi connectivity index (χ1) is 9.58. The van der Waals surface area contributed by atoms with E-state index in [1.807, 2.05) is 31.2 Å². The lowest BCUT2D eigenvalue weighted by atomic mass is 10.1. The second kappa shape index (κ2) is 7.11. The van der Waals surface area contributed by atoms with Gasteiger partial charge in [0.15, 0.2) is 0 Å². The van der Waals surface area contributed by atoms with Crippen LogP contribution in [0.4, 0.5) is 4.39 Å². The summed E-state index contributed by atoms with van der Waals surface area (Å²) in [5.74, 6) is 0.146. The maximum atomic E-state index is 13.6. The second-order valence-electron chi connectivity index (χ2n) is 4.63. The van der Waals surface area contributed by atoms with Crippen molar-refractivity contribution in [3.8, 4) is 0 Å². The Balaban J connectivity index is 1.96. The number of benzene rings is 2. The van der Waals surface area contributed by atoms with Gasteiger partial charge in [-0.15, -0.1) is 11.8 Å². The van der Waals surface area contributed by atoms with Crippen LogP contribution in [0.25, 0.3) is 0 Å². The van der Waals surface area contributed by atoms with Gasteiger partial charge in [0, 0.05) is 27.7 Å². The largest absolute Gasteiger partial charge is 0.392 e. The zero-order valence-electron chi connectivity index (χ0n) is 11.1. The van der Waals surface area contributed by atoms with Gasteiger partial charge in [-0.25, -0.2) is 4.39 Å². The Kier molecular flexibility index (Phi) is 5.46. The van der Waals surface area contributed by atoms with Gasteiger partial charge in [0.2, 0.25) is 0 Å². The number of thioether (sulfide) groups is 1. The van der Waals surface area contributed by atoms with Crippen LogP contribution in [0.1, 0.15) is 11.1 Å². The molecule has 1 unspecified atom stereocenters. The Hall–Kier alpha value is -1.03. The number of aliphatic hydroxyl groups excluding tert-OH is 1. The molecule has 0 heterocycles. The van der Waals surface area contributed by atoms with Gasteiger partial charge >= 0.3 is 0 Å². The molecule has 0 aliphatic carbocycles. The van der Waals surface area contributed by atoms with Gasteiger partial charge in [-0.2, -0.15) is 0 Å². The predicted octanol–water partition coefficient (Wildman–Crippen LogP) is 4.48. The van der Waals surface area contributed by atoms with Crippen molar-refractivity contribution in [3.63, 3.8) is 0 Å². The van der Waals surface area contributed by atoms with Crippen LogP contribution < -0.4 is 0 Å². The van der Waals surface area contributed by atoms with Crippen LogP contribution in [0.3, 0.4) is 0 Å².